The second kappa shape index (κ2) is 7.28. The lowest BCUT2D eigenvalue weighted by Gasteiger charge is -1.97. The summed E-state index contributed by atoms with van der Waals surface area (Å²) in [5.74, 6) is 0. The number of amidine groups is 2. The molecule has 0 spiro atoms. The molecule has 0 atom stereocenters. The molecule has 0 amide bonds. The fourth-order valence-corrected chi connectivity index (χ4v) is 0.230. The van der Waals surface area contributed by atoms with Crippen molar-refractivity contribution in [1.29, 1.82) is 0 Å². The molecular weight excluding hydrogens is 287 g/mol. The third-order valence-electron chi connectivity index (χ3n) is 0.406. The van der Waals surface area contributed by atoms with Crippen molar-refractivity contribution in [1.82, 2.24) is 0 Å². The van der Waals surface area contributed by atoms with Gasteiger partial charge in [-0.25, -0.2) is 0 Å². The molecule has 4 N–H and O–H groups in total. The van der Waals surface area contributed by atoms with E-state index in [9.17, 15) is 0 Å². The first-order valence-electron chi connectivity index (χ1n) is 1.83. The molecule has 10 heavy (non-hydrogen) atoms. The molecule has 0 rings (SSSR count). The lowest BCUT2D eigenvalue weighted by Crippen LogP contribution is -2.25. The minimum atomic E-state index is -0.173. The van der Waals surface area contributed by atoms with Gasteiger partial charge < -0.3 is 16.2 Å². The number of halogens is 1. The Hall–Kier alpha value is 0.170. The minimum absolute atomic E-state index is 0. The van der Waals surface area contributed by atoms with Gasteiger partial charge in [-0.15, -0.1) is 24.0 Å². The standard InChI is InChI=1S/C2H6N4OS2.HI/c3-1(5-8)7-2(4)6-9;/h8-9H,(H2,3,5)(H2,4,6);1H. The first-order chi connectivity index (χ1) is 4.20. The highest BCUT2D eigenvalue weighted by Crippen LogP contribution is 1.81. The molecule has 0 aromatic carbocycles. The van der Waals surface area contributed by atoms with Gasteiger partial charge in [0.25, 0.3) is 0 Å². The molecule has 0 bridgehead atoms. The van der Waals surface area contributed by atoms with E-state index in [2.05, 4.69) is 39.2 Å². The van der Waals surface area contributed by atoms with Crippen molar-refractivity contribution in [3.63, 3.8) is 0 Å². The van der Waals surface area contributed by atoms with Crippen LogP contribution in [0, 0.1) is 0 Å². The summed E-state index contributed by atoms with van der Waals surface area (Å²) in [4.78, 5) is 0. The number of hydrogen-bond donors (Lipinski definition) is 4. The molecular formula is C2H7IN4OS2. The Bertz CT molecular complexity index is 132. The van der Waals surface area contributed by atoms with Gasteiger partial charge >= 0.3 is 12.0 Å². The van der Waals surface area contributed by atoms with Crippen LogP contribution in [0.5, 0.6) is 0 Å². The highest BCUT2D eigenvalue weighted by atomic mass is 127. The van der Waals surface area contributed by atoms with Crippen LogP contribution in [0.1, 0.15) is 0 Å². The maximum atomic E-state index is 5.01. The van der Waals surface area contributed by atoms with Crippen LogP contribution >= 0.6 is 49.6 Å². The van der Waals surface area contributed by atoms with Crippen LogP contribution in [0.2, 0.25) is 0 Å². The molecule has 5 nitrogen and oxygen atoms in total. The monoisotopic (exact) mass is 294 g/mol. The summed E-state index contributed by atoms with van der Waals surface area (Å²) in [7, 11) is 0. The molecule has 0 heterocycles. The lowest BCUT2D eigenvalue weighted by molar-refractivity contribution is 0.532. The van der Waals surface area contributed by atoms with Crippen LogP contribution in [-0.4, -0.2) is 12.0 Å². The molecule has 8 heteroatoms. The first kappa shape index (κ1) is 12.8. The Labute approximate surface area is 86.4 Å². The van der Waals surface area contributed by atoms with Crippen LogP contribution in [0.25, 0.3) is 0 Å². The molecule has 0 saturated heterocycles. The molecule has 0 unspecified atom stereocenters. The van der Waals surface area contributed by atoms with E-state index in [1.165, 1.54) is 0 Å². The Balaban J connectivity index is 0. The summed E-state index contributed by atoms with van der Waals surface area (Å²) < 4.78 is 10.7. The van der Waals surface area contributed by atoms with Crippen LogP contribution in [0.15, 0.2) is 8.80 Å². The Morgan fingerprint density at radius 3 is 1.60 bits per heavy atom. The van der Waals surface area contributed by atoms with Crippen molar-refractivity contribution >= 4 is 61.6 Å². The van der Waals surface area contributed by atoms with E-state index >= 15 is 0 Å². The zero-order chi connectivity index (χ0) is 7.28. The van der Waals surface area contributed by atoms with Gasteiger partial charge in [-0.3, -0.25) is 0 Å². The van der Waals surface area contributed by atoms with Crippen molar-refractivity contribution in [2.24, 2.45) is 20.3 Å². The molecule has 0 aliphatic rings. The van der Waals surface area contributed by atoms with Gasteiger partial charge in [0.15, 0.2) is 0 Å². The molecule has 60 valence electrons. The van der Waals surface area contributed by atoms with Crippen LogP contribution in [0.4, 0.5) is 0 Å². The molecule has 0 saturated carbocycles. The number of ether oxygens (including phenoxy) is 1. The normalized spacial score (nSPS) is 12.2. The first-order valence-corrected chi connectivity index (χ1v) is 2.63. The quantitative estimate of drug-likeness (QED) is 0.218. The molecule has 0 fully saturated rings. The molecule has 0 radical (unpaired) electrons. The van der Waals surface area contributed by atoms with Gasteiger partial charge in [0.1, 0.15) is 0 Å². The van der Waals surface area contributed by atoms with Crippen molar-refractivity contribution in [2.45, 2.75) is 0 Å². The van der Waals surface area contributed by atoms with Crippen molar-refractivity contribution in [2.75, 3.05) is 0 Å². The zero-order valence-electron chi connectivity index (χ0n) is 4.76. The number of nitrogens with two attached hydrogens (primary N) is 2. The van der Waals surface area contributed by atoms with Crippen LogP contribution < -0.4 is 11.5 Å². The topological polar surface area (TPSA) is 86.0 Å². The van der Waals surface area contributed by atoms with E-state index in [0.29, 0.717) is 0 Å². The maximum Gasteiger partial charge on any atom is 0.301 e. The average Bonchev–Trinajstić information content (AvgIpc) is 1.87. The lowest BCUT2D eigenvalue weighted by atomic mass is 11.1. The van der Waals surface area contributed by atoms with Gasteiger partial charge in [-0.1, -0.05) is 0 Å². The Morgan fingerprint density at radius 1 is 1.10 bits per heavy atom. The van der Waals surface area contributed by atoms with E-state index in [0.717, 1.165) is 0 Å². The highest BCUT2D eigenvalue weighted by molar-refractivity contribution is 14.0. The predicted molar refractivity (Wildman–Crippen MR) is 57.7 cm³/mol. The fourth-order valence-electron chi connectivity index (χ4n) is 0.148. The summed E-state index contributed by atoms with van der Waals surface area (Å²) in [6, 6.07) is -0.345. The number of rotatable bonds is 0. The van der Waals surface area contributed by atoms with Crippen molar-refractivity contribution in [3.05, 3.63) is 0 Å². The fraction of sp³-hybridized carbons (Fsp3) is 0. The molecule has 0 aliphatic heterocycles. The van der Waals surface area contributed by atoms with Crippen LogP contribution in [-0.2, 0) is 4.74 Å². The predicted octanol–water partition coefficient (Wildman–Crippen LogP) is -0.0600. The summed E-state index contributed by atoms with van der Waals surface area (Å²) in [5, 5.41) is 0. The maximum absolute atomic E-state index is 5.01. The van der Waals surface area contributed by atoms with E-state index in [1.807, 2.05) is 0 Å². The van der Waals surface area contributed by atoms with Gasteiger partial charge in [-0.2, -0.15) is 8.80 Å². The smallest absolute Gasteiger partial charge is 0.301 e. The average molecular weight is 294 g/mol. The summed E-state index contributed by atoms with van der Waals surface area (Å²) in [6.07, 6.45) is 0. The van der Waals surface area contributed by atoms with Gasteiger partial charge in [0, 0.05) is 0 Å². The SMILES string of the molecule is I.N/C(=N\S)O/C(N)=N/S. The Morgan fingerprint density at radius 2 is 1.40 bits per heavy atom. The molecule has 0 aromatic heterocycles. The number of hydrogen-bond acceptors (Lipinski definition) is 5. The third-order valence-corrected chi connectivity index (χ3v) is 0.800. The largest absolute Gasteiger partial charge is 0.391 e. The van der Waals surface area contributed by atoms with E-state index in [4.69, 9.17) is 11.5 Å². The second-order valence-corrected chi connectivity index (χ2v) is 1.38. The van der Waals surface area contributed by atoms with Gasteiger partial charge in [0.05, 0.1) is 0 Å². The second-order valence-electron chi connectivity index (χ2n) is 0.979. The minimum Gasteiger partial charge on any atom is -0.391 e. The summed E-state index contributed by atoms with van der Waals surface area (Å²) in [6.45, 7) is 0. The molecule has 0 aliphatic carbocycles. The van der Waals surface area contributed by atoms with Gasteiger partial charge in [0.2, 0.25) is 0 Å². The zero-order valence-corrected chi connectivity index (χ0v) is 8.88. The third kappa shape index (κ3) is 6.29. The summed E-state index contributed by atoms with van der Waals surface area (Å²) >= 11 is 6.86. The highest BCUT2D eigenvalue weighted by Gasteiger charge is 1.93. The number of thiol groups is 2. The summed E-state index contributed by atoms with van der Waals surface area (Å²) in [5.41, 5.74) is 10.0. The van der Waals surface area contributed by atoms with E-state index in [-0.39, 0.29) is 36.0 Å². The van der Waals surface area contributed by atoms with Crippen LogP contribution in [0.3, 0.4) is 0 Å². The van der Waals surface area contributed by atoms with Crippen molar-refractivity contribution < 1.29 is 4.74 Å². The van der Waals surface area contributed by atoms with Gasteiger partial charge in [-0.05, 0) is 25.6 Å². The Kier molecular flexibility index (Phi) is 9.33. The van der Waals surface area contributed by atoms with Crippen molar-refractivity contribution in [3.8, 4) is 0 Å². The van der Waals surface area contributed by atoms with E-state index < -0.39 is 0 Å². The molecule has 0 aromatic rings. The number of nitrogens with zero attached hydrogens (tertiary/aromatic N) is 2. The van der Waals surface area contributed by atoms with E-state index in [1.54, 1.807) is 0 Å².